The molecule has 0 amide bonds. The van der Waals surface area contributed by atoms with Crippen molar-refractivity contribution < 1.29 is 27.2 Å². The number of halogens is 2. The highest BCUT2D eigenvalue weighted by atomic mass is 32.2. The third-order valence-corrected chi connectivity index (χ3v) is 8.41. The number of fused-ring (bicyclic) bond motifs is 1. The van der Waals surface area contributed by atoms with Gasteiger partial charge < -0.3 is 24.7 Å². The van der Waals surface area contributed by atoms with E-state index in [0.717, 1.165) is 17.5 Å². The zero-order chi connectivity index (χ0) is 29.5. The van der Waals surface area contributed by atoms with Crippen molar-refractivity contribution in [2.24, 2.45) is 0 Å². The van der Waals surface area contributed by atoms with Crippen molar-refractivity contribution in [1.29, 1.82) is 0 Å². The Morgan fingerprint density at radius 3 is 2.66 bits per heavy atom. The summed E-state index contributed by atoms with van der Waals surface area (Å²) in [5.41, 5.74) is 8.42. The molecule has 41 heavy (non-hydrogen) atoms. The lowest BCUT2D eigenvalue weighted by Crippen LogP contribution is -2.39. The Bertz CT molecular complexity index is 1750. The molecule has 0 saturated carbocycles. The maximum Gasteiger partial charge on any atom is 0.238 e. The molecule has 1 saturated heterocycles. The summed E-state index contributed by atoms with van der Waals surface area (Å²) in [6.07, 6.45) is 2.88. The van der Waals surface area contributed by atoms with Gasteiger partial charge in [0.1, 0.15) is 34.7 Å². The van der Waals surface area contributed by atoms with E-state index in [2.05, 4.69) is 25.5 Å². The number of ether oxygens (including phenoxy) is 3. The molecule has 1 fully saturated rings. The lowest BCUT2D eigenvalue weighted by molar-refractivity contribution is -0.0894. The summed E-state index contributed by atoms with van der Waals surface area (Å²) in [4.78, 5) is 12.9. The number of methoxy groups -OCH3 is 1. The van der Waals surface area contributed by atoms with Crippen molar-refractivity contribution in [3.8, 4) is 22.8 Å². The van der Waals surface area contributed by atoms with Crippen molar-refractivity contribution >= 4 is 38.1 Å². The zero-order valence-corrected chi connectivity index (χ0v) is 24.0. The van der Waals surface area contributed by atoms with Crippen LogP contribution in [-0.4, -0.2) is 50.5 Å². The van der Waals surface area contributed by atoms with Crippen LogP contribution < -0.4 is 19.9 Å². The van der Waals surface area contributed by atoms with Gasteiger partial charge in [-0.2, -0.15) is 0 Å². The Morgan fingerprint density at radius 1 is 1.17 bits per heavy atom. The van der Waals surface area contributed by atoms with Crippen LogP contribution in [0, 0.1) is 18.6 Å². The number of benzene rings is 2. The molecule has 0 radical (unpaired) electrons. The normalized spacial score (nSPS) is 18.0. The fourth-order valence-electron chi connectivity index (χ4n) is 4.90. The van der Waals surface area contributed by atoms with E-state index < -0.39 is 21.3 Å². The number of nitrogens with one attached hydrogen (secondary N) is 1. The number of nitrogens with two attached hydrogens (primary N) is 1. The van der Waals surface area contributed by atoms with E-state index in [1.165, 1.54) is 7.11 Å². The number of hydrogen-bond acceptors (Lipinski definition) is 8. The first-order valence-corrected chi connectivity index (χ1v) is 14.6. The molecule has 2 atom stereocenters. The molecule has 0 aliphatic carbocycles. The van der Waals surface area contributed by atoms with E-state index in [-0.39, 0.29) is 34.1 Å². The molecule has 0 bridgehead atoms. The van der Waals surface area contributed by atoms with Crippen LogP contribution in [-0.2, 0) is 14.4 Å². The fraction of sp³-hybridized carbons (Fsp3) is 0.310. The molecule has 5 rings (SSSR count). The molecule has 1 aliphatic heterocycles. The number of anilines is 2. The van der Waals surface area contributed by atoms with Gasteiger partial charge in [-0.1, -0.05) is 0 Å². The number of aromatic nitrogens is 3. The van der Waals surface area contributed by atoms with E-state index in [1.54, 1.807) is 12.3 Å². The predicted molar refractivity (Wildman–Crippen MR) is 156 cm³/mol. The molecular weight excluding hydrogens is 552 g/mol. The minimum atomic E-state index is -3.46. The van der Waals surface area contributed by atoms with Gasteiger partial charge in [0.2, 0.25) is 11.8 Å². The molecule has 3 heterocycles. The summed E-state index contributed by atoms with van der Waals surface area (Å²) in [6, 6.07) is 8.15. The summed E-state index contributed by atoms with van der Waals surface area (Å²) in [5.74, 6) is 2.67. The maximum atomic E-state index is 14.5. The van der Waals surface area contributed by atoms with Crippen LogP contribution in [0.15, 0.2) is 47.5 Å². The molecule has 2 aromatic carbocycles. The molecule has 12 heteroatoms. The summed E-state index contributed by atoms with van der Waals surface area (Å²) in [7, 11) is -2.06. The Kier molecular flexibility index (Phi) is 7.47. The van der Waals surface area contributed by atoms with Crippen LogP contribution in [0.5, 0.6) is 11.6 Å². The summed E-state index contributed by atoms with van der Waals surface area (Å²) < 4.78 is 61.9. The van der Waals surface area contributed by atoms with Crippen LogP contribution in [0.2, 0.25) is 0 Å². The van der Waals surface area contributed by atoms with Gasteiger partial charge in [-0.25, -0.2) is 27.9 Å². The van der Waals surface area contributed by atoms with E-state index >= 15 is 0 Å². The van der Waals surface area contributed by atoms with Crippen molar-refractivity contribution in [3.05, 3.63) is 59.9 Å². The Labute approximate surface area is 237 Å². The van der Waals surface area contributed by atoms with Crippen molar-refractivity contribution in [1.82, 2.24) is 15.0 Å². The quantitative estimate of drug-likeness (QED) is 0.281. The molecule has 1 aliphatic rings. The van der Waals surface area contributed by atoms with Gasteiger partial charge in [0.25, 0.3) is 0 Å². The van der Waals surface area contributed by atoms with Crippen LogP contribution in [0.3, 0.4) is 0 Å². The molecule has 9 nitrogen and oxygen atoms in total. The molecular formula is C29H31F2N5O4S. The second-order valence-corrected chi connectivity index (χ2v) is 12.5. The third-order valence-electron chi connectivity index (χ3n) is 6.82. The zero-order valence-electron chi connectivity index (χ0n) is 23.2. The van der Waals surface area contributed by atoms with Crippen molar-refractivity contribution in [3.63, 3.8) is 0 Å². The van der Waals surface area contributed by atoms with Crippen molar-refractivity contribution in [2.75, 3.05) is 24.2 Å². The number of pyridine rings is 1. The molecule has 3 N–H and O–H groups in total. The lowest BCUT2D eigenvalue weighted by atomic mass is 9.95. The topological polar surface area (TPSA) is 121 Å². The second kappa shape index (κ2) is 10.7. The minimum Gasteiger partial charge on any atom is -0.488 e. The molecule has 4 aromatic rings. The highest BCUT2D eigenvalue weighted by molar-refractivity contribution is 8.01. The van der Waals surface area contributed by atoms with E-state index in [9.17, 15) is 13.0 Å². The van der Waals surface area contributed by atoms with E-state index in [0.29, 0.717) is 53.6 Å². The molecule has 2 unspecified atom stereocenters. The second-order valence-electron chi connectivity index (χ2n) is 10.5. The predicted octanol–water partition coefficient (Wildman–Crippen LogP) is 5.31. The smallest absolute Gasteiger partial charge is 0.238 e. The van der Waals surface area contributed by atoms with Gasteiger partial charge >= 0.3 is 0 Å². The first-order valence-electron chi connectivity index (χ1n) is 12.9. The highest BCUT2D eigenvalue weighted by Crippen LogP contribution is 2.38. The van der Waals surface area contributed by atoms with Gasteiger partial charge in [-0.05, 0) is 62.5 Å². The Morgan fingerprint density at radius 2 is 1.95 bits per heavy atom. The third kappa shape index (κ3) is 6.03. The summed E-state index contributed by atoms with van der Waals surface area (Å²) in [5, 5.41) is 0.734. The average molecular weight is 584 g/mol. The van der Waals surface area contributed by atoms with Gasteiger partial charge in [0, 0.05) is 36.1 Å². The van der Waals surface area contributed by atoms with Crippen LogP contribution >= 0.6 is 0 Å². The number of rotatable bonds is 7. The first kappa shape index (κ1) is 28.5. The Balaban J connectivity index is 1.58. The Hall–Kier alpha value is -4.03. The van der Waals surface area contributed by atoms with Gasteiger partial charge in [0.15, 0.2) is 0 Å². The van der Waals surface area contributed by atoms with Crippen LogP contribution in [0.1, 0.15) is 32.4 Å². The SMILES string of the molecule is C=S(=O)(Nc1cc(-c2cc(OC3CCOC(C)(C)C3)c3nc(N)nc(C)c3c2)cnc1OC)c1ccc(F)cc1F. The fourth-order valence-corrected chi connectivity index (χ4v) is 6.18. The molecule has 216 valence electrons. The monoisotopic (exact) mass is 583 g/mol. The number of nitrogen functional groups attached to an aromatic ring is 1. The number of hydrogen-bond donors (Lipinski definition) is 2. The van der Waals surface area contributed by atoms with Gasteiger partial charge in [-0.3, -0.25) is 0 Å². The number of nitrogens with zero attached hydrogens (tertiary/aromatic N) is 3. The summed E-state index contributed by atoms with van der Waals surface area (Å²) in [6.45, 7) is 6.45. The van der Waals surface area contributed by atoms with Crippen LogP contribution in [0.25, 0.3) is 22.0 Å². The lowest BCUT2D eigenvalue weighted by Gasteiger charge is -2.35. The standard InChI is InChI=1S/C29H31F2N5O4S/c1-16-21-10-17(12-24(26(21)35-28(32)34-16)40-20-8-9-39-29(2,3)14-20)18-11-23(27(38-4)33-15-18)36-41(5,37)25-7-6-19(30)13-22(25)31/h6-7,10-13,15,20H,5,8-9,14H2,1-4H3,(H,36,37)(H2,32,34,35). The largest absolute Gasteiger partial charge is 0.488 e. The van der Waals surface area contributed by atoms with E-state index in [4.69, 9.17) is 19.9 Å². The number of aryl methyl sites for hydroxylation is 1. The van der Waals surface area contributed by atoms with Crippen molar-refractivity contribution in [2.45, 2.75) is 50.2 Å². The summed E-state index contributed by atoms with van der Waals surface area (Å²) >= 11 is 0. The average Bonchev–Trinajstić information content (AvgIpc) is 2.88. The van der Waals surface area contributed by atoms with Gasteiger partial charge in [0.05, 0.1) is 39.6 Å². The maximum absolute atomic E-state index is 14.5. The molecule has 2 aromatic heterocycles. The first-order chi connectivity index (χ1) is 19.3. The minimum absolute atomic E-state index is 0.110. The highest BCUT2D eigenvalue weighted by Gasteiger charge is 2.31. The molecule has 0 spiro atoms. The van der Waals surface area contributed by atoms with E-state index in [1.807, 2.05) is 32.9 Å². The van der Waals surface area contributed by atoms with Crippen LogP contribution in [0.4, 0.5) is 20.4 Å². The van der Waals surface area contributed by atoms with Gasteiger partial charge in [-0.15, -0.1) is 0 Å².